The third-order valence-corrected chi connectivity index (χ3v) is 3.40. The number of halogens is 2. The molecule has 0 atom stereocenters. The molecule has 72 valence electrons. The number of aromatic nitrogens is 2. The van der Waals surface area contributed by atoms with E-state index in [1.807, 2.05) is 13.8 Å². The molecule has 1 heterocycles. The Balaban J connectivity index is 2.69. The number of hydrogen-bond acceptors (Lipinski definition) is 3. The van der Waals surface area contributed by atoms with Gasteiger partial charge >= 0.3 is 0 Å². The summed E-state index contributed by atoms with van der Waals surface area (Å²) in [5, 5.41) is 1.25. The van der Waals surface area contributed by atoms with Crippen molar-refractivity contribution in [1.29, 1.82) is 0 Å². The SMILES string of the molecule is CC(C)(CCl)Sc1ncc(Cl)cn1. The van der Waals surface area contributed by atoms with Crippen molar-refractivity contribution >= 4 is 35.0 Å². The molecule has 0 aliphatic rings. The van der Waals surface area contributed by atoms with Gasteiger partial charge in [-0.3, -0.25) is 0 Å². The van der Waals surface area contributed by atoms with Crippen LogP contribution in [0.15, 0.2) is 17.6 Å². The van der Waals surface area contributed by atoms with Crippen LogP contribution in [0.4, 0.5) is 0 Å². The Kier molecular flexibility index (Phi) is 3.83. The Hall–Kier alpha value is 0.01000. The normalized spacial score (nSPS) is 11.7. The Labute approximate surface area is 92.1 Å². The molecular weight excluding hydrogens is 227 g/mol. The van der Waals surface area contributed by atoms with Crippen molar-refractivity contribution in [3.8, 4) is 0 Å². The fourth-order valence-electron chi connectivity index (χ4n) is 0.628. The summed E-state index contributed by atoms with van der Waals surface area (Å²) in [6.07, 6.45) is 3.17. The van der Waals surface area contributed by atoms with Crippen LogP contribution in [0.25, 0.3) is 0 Å². The molecule has 1 aromatic heterocycles. The van der Waals surface area contributed by atoms with Crippen LogP contribution in [0.5, 0.6) is 0 Å². The maximum Gasteiger partial charge on any atom is 0.188 e. The van der Waals surface area contributed by atoms with Gasteiger partial charge in [0.15, 0.2) is 5.16 Å². The van der Waals surface area contributed by atoms with Crippen molar-refractivity contribution in [1.82, 2.24) is 9.97 Å². The maximum absolute atomic E-state index is 5.77. The van der Waals surface area contributed by atoms with Crippen molar-refractivity contribution < 1.29 is 0 Å². The van der Waals surface area contributed by atoms with E-state index in [0.29, 0.717) is 16.1 Å². The molecule has 0 aliphatic carbocycles. The lowest BCUT2D eigenvalue weighted by molar-refractivity contribution is 0.799. The standard InChI is InChI=1S/C8H10Cl2N2S/c1-8(2,5-9)13-7-11-3-6(10)4-12-7/h3-4H,5H2,1-2H3. The lowest BCUT2D eigenvalue weighted by Crippen LogP contribution is -2.16. The summed E-state index contributed by atoms with van der Waals surface area (Å²) in [4.78, 5) is 8.15. The highest BCUT2D eigenvalue weighted by atomic mass is 35.5. The average Bonchev–Trinajstić information content (AvgIpc) is 2.09. The van der Waals surface area contributed by atoms with Gasteiger partial charge < -0.3 is 0 Å². The van der Waals surface area contributed by atoms with Crippen LogP contribution < -0.4 is 0 Å². The second kappa shape index (κ2) is 4.49. The van der Waals surface area contributed by atoms with E-state index < -0.39 is 0 Å². The summed E-state index contributed by atoms with van der Waals surface area (Å²) in [6, 6.07) is 0. The molecule has 0 radical (unpaired) electrons. The smallest absolute Gasteiger partial charge is 0.188 e. The van der Waals surface area contributed by atoms with Gasteiger partial charge in [0, 0.05) is 10.6 Å². The molecular formula is C8H10Cl2N2S. The first-order valence-corrected chi connectivity index (χ1v) is 5.49. The van der Waals surface area contributed by atoms with Crippen molar-refractivity contribution in [2.45, 2.75) is 23.8 Å². The van der Waals surface area contributed by atoms with E-state index in [9.17, 15) is 0 Å². The molecule has 0 N–H and O–H groups in total. The van der Waals surface area contributed by atoms with Gasteiger partial charge in [-0.05, 0) is 13.8 Å². The van der Waals surface area contributed by atoms with Gasteiger partial charge in [-0.2, -0.15) is 0 Å². The Morgan fingerprint density at radius 1 is 1.38 bits per heavy atom. The maximum atomic E-state index is 5.77. The van der Waals surface area contributed by atoms with Crippen LogP contribution in [0.1, 0.15) is 13.8 Å². The number of rotatable bonds is 3. The summed E-state index contributed by atoms with van der Waals surface area (Å²) < 4.78 is -0.0462. The van der Waals surface area contributed by atoms with E-state index in [-0.39, 0.29) is 4.75 Å². The van der Waals surface area contributed by atoms with Crippen LogP contribution in [0, 0.1) is 0 Å². The third kappa shape index (κ3) is 3.71. The molecule has 1 aromatic rings. The van der Waals surface area contributed by atoms with Crippen LogP contribution >= 0.6 is 35.0 Å². The summed E-state index contributed by atoms with van der Waals surface area (Å²) in [5.41, 5.74) is 0. The Morgan fingerprint density at radius 3 is 2.38 bits per heavy atom. The van der Waals surface area contributed by atoms with Crippen molar-refractivity contribution in [2.75, 3.05) is 5.88 Å². The minimum atomic E-state index is -0.0462. The van der Waals surface area contributed by atoms with Crippen LogP contribution in [0.3, 0.4) is 0 Å². The molecule has 2 nitrogen and oxygen atoms in total. The summed E-state index contributed by atoms with van der Waals surface area (Å²) in [7, 11) is 0. The molecule has 1 rings (SSSR count). The third-order valence-electron chi connectivity index (χ3n) is 1.29. The van der Waals surface area contributed by atoms with Gasteiger partial charge in [0.05, 0.1) is 17.4 Å². The Morgan fingerprint density at radius 2 is 1.92 bits per heavy atom. The average molecular weight is 237 g/mol. The van der Waals surface area contributed by atoms with Crippen molar-refractivity contribution in [3.05, 3.63) is 17.4 Å². The van der Waals surface area contributed by atoms with E-state index in [1.165, 1.54) is 0 Å². The minimum absolute atomic E-state index is 0.0462. The zero-order valence-electron chi connectivity index (χ0n) is 7.42. The van der Waals surface area contributed by atoms with Gasteiger partial charge in [0.2, 0.25) is 0 Å². The van der Waals surface area contributed by atoms with Gasteiger partial charge in [-0.25, -0.2) is 9.97 Å². The molecule has 0 spiro atoms. The van der Waals surface area contributed by atoms with Crippen molar-refractivity contribution in [3.63, 3.8) is 0 Å². The highest BCUT2D eigenvalue weighted by Gasteiger charge is 2.19. The van der Waals surface area contributed by atoms with Crippen molar-refractivity contribution in [2.24, 2.45) is 0 Å². The number of nitrogens with zero attached hydrogens (tertiary/aromatic N) is 2. The second-order valence-electron chi connectivity index (χ2n) is 3.18. The van der Waals surface area contributed by atoms with Crippen LogP contribution in [-0.4, -0.2) is 20.6 Å². The van der Waals surface area contributed by atoms with E-state index in [2.05, 4.69) is 9.97 Å². The van der Waals surface area contributed by atoms with Gasteiger partial charge in [-0.15, -0.1) is 11.6 Å². The van der Waals surface area contributed by atoms with Gasteiger partial charge in [0.1, 0.15) is 0 Å². The first kappa shape index (κ1) is 11.1. The quantitative estimate of drug-likeness (QED) is 0.458. The highest BCUT2D eigenvalue weighted by Crippen LogP contribution is 2.30. The minimum Gasteiger partial charge on any atom is -0.230 e. The first-order valence-electron chi connectivity index (χ1n) is 3.76. The number of hydrogen-bond donors (Lipinski definition) is 0. The highest BCUT2D eigenvalue weighted by molar-refractivity contribution is 8.00. The first-order chi connectivity index (χ1) is 6.03. The Bertz CT molecular complexity index is 274. The number of alkyl halides is 1. The fraction of sp³-hybridized carbons (Fsp3) is 0.500. The van der Waals surface area contributed by atoms with Gasteiger partial charge in [-0.1, -0.05) is 23.4 Å². The molecule has 0 saturated carbocycles. The zero-order chi connectivity index (χ0) is 9.90. The summed E-state index contributed by atoms with van der Waals surface area (Å²) in [5.74, 6) is 0.559. The molecule has 0 bridgehead atoms. The molecule has 0 fully saturated rings. The van der Waals surface area contributed by atoms with Crippen LogP contribution in [-0.2, 0) is 0 Å². The zero-order valence-corrected chi connectivity index (χ0v) is 9.75. The monoisotopic (exact) mass is 236 g/mol. The summed E-state index contributed by atoms with van der Waals surface area (Å²) >= 11 is 13.0. The van der Waals surface area contributed by atoms with E-state index in [1.54, 1.807) is 24.2 Å². The lowest BCUT2D eigenvalue weighted by atomic mass is 10.2. The predicted octanol–water partition coefficient (Wildman–Crippen LogP) is 3.24. The largest absolute Gasteiger partial charge is 0.230 e. The van der Waals surface area contributed by atoms with E-state index >= 15 is 0 Å². The second-order valence-corrected chi connectivity index (χ2v) is 5.56. The summed E-state index contributed by atoms with van der Waals surface area (Å²) in [6.45, 7) is 4.09. The van der Waals surface area contributed by atoms with E-state index in [0.717, 1.165) is 0 Å². The lowest BCUT2D eigenvalue weighted by Gasteiger charge is -2.18. The van der Waals surface area contributed by atoms with Gasteiger partial charge in [0.25, 0.3) is 0 Å². The van der Waals surface area contributed by atoms with E-state index in [4.69, 9.17) is 23.2 Å². The molecule has 5 heteroatoms. The number of thioether (sulfide) groups is 1. The topological polar surface area (TPSA) is 25.8 Å². The molecule has 13 heavy (non-hydrogen) atoms. The van der Waals surface area contributed by atoms with Crippen LogP contribution in [0.2, 0.25) is 5.02 Å². The molecule has 0 unspecified atom stereocenters. The fourth-order valence-corrected chi connectivity index (χ4v) is 1.65. The molecule has 0 saturated heterocycles. The molecule has 0 aliphatic heterocycles. The molecule has 0 amide bonds. The predicted molar refractivity (Wildman–Crippen MR) is 57.7 cm³/mol. The molecule has 0 aromatic carbocycles.